The number of fused-ring (bicyclic) bond motifs is 1. The summed E-state index contributed by atoms with van der Waals surface area (Å²) in [5.74, 6) is 1.56. The Kier molecular flexibility index (Phi) is 4.20. The third kappa shape index (κ3) is 2.48. The van der Waals surface area contributed by atoms with E-state index in [4.69, 9.17) is 4.74 Å². The summed E-state index contributed by atoms with van der Waals surface area (Å²) >= 11 is 0. The Labute approximate surface area is 107 Å². The van der Waals surface area contributed by atoms with Crippen LogP contribution in [0.15, 0.2) is 18.2 Å². The molecule has 0 amide bonds. The first-order valence-corrected chi connectivity index (χ1v) is 6.53. The first kappa shape index (κ1) is 12.9. The molecule has 2 aromatic rings. The van der Waals surface area contributed by atoms with Gasteiger partial charge in [-0.15, -0.1) is 0 Å². The number of imidazole rings is 1. The molecule has 18 heavy (non-hydrogen) atoms. The van der Waals surface area contributed by atoms with Crippen LogP contribution in [0.3, 0.4) is 0 Å². The molecule has 1 aromatic heterocycles. The van der Waals surface area contributed by atoms with Gasteiger partial charge < -0.3 is 14.4 Å². The number of ether oxygens (including phenoxy) is 1. The highest BCUT2D eigenvalue weighted by Crippen LogP contribution is 2.22. The molecule has 0 aliphatic carbocycles. The molecule has 0 radical (unpaired) electrons. The lowest BCUT2D eigenvalue weighted by Crippen LogP contribution is -2.03. The van der Waals surface area contributed by atoms with Crippen molar-refractivity contribution in [3.8, 4) is 5.75 Å². The third-order valence-corrected chi connectivity index (χ3v) is 2.99. The van der Waals surface area contributed by atoms with Gasteiger partial charge >= 0.3 is 0 Å². The molecule has 0 atom stereocenters. The van der Waals surface area contributed by atoms with E-state index in [9.17, 15) is 5.11 Å². The molecule has 0 bridgehead atoms. The average molecular weight is 248 g/mol. The van der Waals surface area contributed by atoms with Crippen molar-refractivity contribution in [1.82, 2.24) is 9.55 Å². The zero-order valence-corrected chi connectivity index (χ0v) is 11.0. The number of aliphatic hydroxyl groups excluding tert-OH is 1. The Morgan fingerprint density at radius 2 is 2.17 bits per heavy atom. The zero-order valence-electron chi connectivity index (χ0n) is 11.0. The van der Waals surface area contributed by atoms with Gasteiger partial charge in [0.25, 0.3) is 0 Å². The highest BCUT2D eigenvalue weighted by Gasteiger charge is 2.10. The van der Waals surface area contributed by atoms with Gasteiger partial charge in [0.05, 0.1) is 17.6 Å². The van der Waals surface area contributed by atoms with Crippen molar-refractivity contribution >= 4 is 11.0 Å². The Morgan fingerprint density at radius 3 is 2.83 bits per heavy atom. The number of aliphatic hydroxyl groups is 1. The molecule has 0 unspecified atom stereocenters. The van der Waals surface area contributed by atoms with Crippen molar-refractivity contribution < 1.29 is 9.84 Å². The molecule has 2 rings (SSSR count). The molecule has 1 heterocycles. The van der Waals surface area contributed by atoms with E-state index in [2.05, 4.69) is 16.5 Å². The maximum Gasteiger partial charge on any atom is 0.135 e. The number of hydrogen-bond acceptors (Lipinski definition) is 3. The first-order valence-electron chi connectivity index (χ1n) is 6.53. The van der Waals surface area contributed by atoms with Crippen molar-refractivity contribution in [1.29, 1.82) is 0 Å². The van der Waals surface area contributed by atoms with Crippen molar-refractivity contribution in [3.63, 3.8) is 0 Å². The van der Waals surface area contributed by atoms with Crippen molar-refractivity contribution in [2.75, 3.05) is 6.61 Å². The second kappa shape index (κ2) is 5.87. The number of hydrogen-bond donors (Lipinski definition) is 1. The monoisotopic (exact) mass is 248 g/mol. The summed E-state index contributed by atoms with van der Waals surface area (Å²) in [5, 5.41) is 9.38. The molecule has 0 aliphatic rings. The minimum absolute atomic E-state index is 0.0254. The van der Waals surface area contributed by atoms with Crippen LogP contribution < -0.4 is 4.74 Å². The molecule has 0 saturated heterocycles. The van der Waals surface area contributed by atoms with Crippen LogP contribution in [0.2, 0.25) is 0 Å². The Bertz CT molecular complexity index is 520. The number of nitrogens with zero attached hydrogens (tertiary/aromatic N) is 2. The van der Waals surface area contributed by atoms with Crippen LogP contribution in [0.4, 0.5) is 0 Å². The Balaban J connectivity index is 2.41. The predicted octanol–water partition coefficient (Wildman–Crippen LogP) is 2.73. The fourth-order valence-electron chi connectivity index (χ4n) is 2.10. The summed E-state index contributed by atoms with van der Waals surface area (Å²) in [6, 6.07) is 5.90. The molecule has 0 fully saturated rings. The van der Waals surface area contributed by atoms with Gasteiger partial charge in [-0.05, 0) is 25.5 Å². The topological polar surface area (TPSA) is 47.3 Å². The number of benzene rings is 1. The summed E-state index contributed by atoms with van der Waals surface area (Å²) in [4.78, 5) is 4.46. The SMILES string of the molecule is CCCCn1c(CO)nc2cc(OCC)ccc21. The van der Waals surface area contributed by atoms with Gasteiger partial charge in [0.15, 0.2) is 0 Å². The van der Waals surface area contributed by atoms with Crippen molar-refractivity contribution in [2.45, 2.75) is 39.8 Å². The molecule has 0 saturated carbocycles. The van der Waals surface area contributed by atoms with Gasteiger partial charge in [-0.1, -0.05) is 13.3 Å². The highest BCUT2D eigenvalue weighted by atomic mass is 16.5. The van der Waals surface area contributed by atoms with Gasteiger partial charge in [-0.3, -0.25) is 0 Å². The molecule has 4 heteroatoms. The number of aryl methyl sites for hydroxylation is 1. The van der Waals surface area contributed by atoms with E-state index in [-0.39, 0.29) is 6.61 Å². The second-order valence-electron chi connectivity index (χ2n) is 4.27. The van der Waals surface area contributed by atoms with E-state index in [1.807, 2.05) is 25.1 Å². The van der Waals surface area contributed by atoms with E-state index in [0.29, 0.717) is 6.61 Å². The lowest BCUT2D eigenvalue weighted by Gasteiger charge is -2.07. The predicted molar refractivity (Wildman–Crippen MR) is 71.7 cm³/mol. The molecular formula is C14H20N2O2. The third-order valence-electron chi connectivity index (χ3n) is 2.99. The van der Waals surface area contributed by atoms with Crippen LogP contribution in [-0.4, -0.2) is 21.3 Å². The lowest BCUT2D eigenvalue weighted by atomic mass is 10.3. The smallest absolute Gasteiger partial charge is 0.135 e. The second-order valence-corrected chi connectivity index (χ2v) is 4.27. The zero-order chi connectivity index (χ0) is 13.0. The standard InChI is InChI=1S/C14H20N2O2/c1-3-5-8-16-13-7-6-11(18-4-2)9-12(13)15-14(16)10-17/h6-7,9,17H,3-5,8,10H2,1-2H3. The minimum Gasteiger partial charge on any atom is -0.494 e. The normalized spacial score (nSPS) is 11.1. The average Bonchev–Trinajstić information content (AvgIpc) is 2.73. The number of aromatic nitrogens is 2. The molecular weight excluding hydrogens is 228 g/mol. The van der Waals surface area contributed by atoms with Gasteiger partial charge in [0.2, 0.25) is 0 Å². The maximum atomic E-state index is 9.38. The van der Waals surface area contributed by atoms with Crippen LogP contribution in [0.25, 0.3) is 11.0 Å². The fourth-order valence-corrected chi connectivity index (χ4v) is 2.10. The van der Waals surface area contributed by atoms with Gasteiger partial charge in [0.1, 0.15) is 18.2 Å². The molecule has 1 N–H and O–H groups in total. The van der Waals surface area contributed by atoms with E-state index in [1.54, 1.807) is 0 Å². The van der Waals surface area contributed by atoms with Crippen LogP contribution in [-0.2, 0) is 13.2 Å². The fraction of sp³-hybridized carbons (Fsp3) is 0.500. The summed E-state index contributed by atoms with van der Waals surface area (Å²) in [6.45, 7) is 5.64. The van der Waals surface area contributed by atoms with E-state index in [1.165, 1.54) is 0 Å². The first-order chi connectivity index (χ1) is 8.80. The summed E-state index contributed by atoms with van der Waals surface area (Å²) in [7, 11) is 0. The highest BCUT2D eigenvalue weighted by molar-refractivity contribution is 5.77. The maximum absolute atomic E-state index is 9.38. The van der Waals surface area contributed by atoms with Crippen LogP contribution >= 0.6 is 0 Å². The van der Waals surface area contributed by atoms with E-state index >= 15 is 0 Å². The van der Waals surface area contributed by atoms with E-state index in [0.717, 1.165) is 42.0 Å². The van der Waals surface area contributed by atoms with Gasteiger partial charge in [-0.2, -0.15) is 0 Å². The number of unbranched alkanes of at least 4 members (excludes halogenated alkanes) is 1. The molecule has 1 aromatic carbocycles. The Morgan fingerprint density at radius 1 is 1.33 bits per heavy atom. The lowest BCUT2D eigenvalue weighted by molar-refractivity contribution is 0.265. The molecule has 98 valence electrons. The molecule has 4 nitrogen and oxygen atoms in total. The summed E-state index contributed by atoms with van der Waals surface area (Å²) < 4.78 is 7.56. The summed E-state index contributed by atoms with van der Waals surface area (Å²) in [6.07, 6.45) is 2.22. The number of rotatable bonds is 6. The van der Waals surface area contributed by atoms with Gasteiger partial charge in [-0.25, -0.2) is 4.98 Å². The Hall–Kier alpha value is -1.55. The van der Waals surface area contributed by atoms with Crippen molar-refractivity contribution in [2.24, 2.45) is 0 Å². The van der Waals surface area contributed by atoms with Crippen molar-refractivity contribution in [3.05, 3.63) is 24.0 Å². The quantitative estimate of drug-likeness (QED) is 0.855. The van der Waals surface area contributed by atoms with Crippen LogP contribution in [0, 0.1) is 0 Å². The van der Waals surface area contributed by atoms with Gasteiger partial charge in [0, 0.05) is 12.6 Å². The molecule has 0 spiro atoms. The summed E-state index contributed by atoms with van der Waals surface area (Å²) in [5.41, 5.74) is 1.96. The van der Waals surface area contributed by atoms with Crippen LogP contribution in [0.5, 0.6) is 5.75 Å². The van der Waals surface area contributed by atoms with E-state index < -0.39 is 0 Å². The largest absolute Gasteiger partial charge is 0.494 e. The van der Waals surface area contributed by atoms with Crippen LogP contribution in [0.1, 0.15) is 32.5 Å². The molecule has 0 aliphatic heterocycles. The minimum atomic E-state index is -0.0254.